The van der Waals surface area contributed by atoms with Gasteiger partial charge < -0.3 is 13.9 Å². The van der Waals surface area contributed by atoms with Gasteiger partial charge >= 0.3 is 24.3 Å². The average Bonchev–Trinajstić information content (AvgIpc) is 3.28. The second-order valence-electron chi connectivity index (χ2n) is 6.94. The maximum absolute atomic E-state index is 12.5. The number of ether oxygens (including phenoxy) is 2. The monoisotopic (exact) mass is 496 g/mol. The molecular weight excluding hydrogens is 482 g/mol. The van der Waals surface area contributed by atoms with Crippen LogP contribution in [0.4, 0.5) is 26.3 Å². The number of hydrogen-bond acceptors (Lipinski definition) is 5. The summed E-state index contributed by atoms with van der Waals surface area (Å²) in [4.78, 5) is 23.0. The highest BCUT2D eigenvalue weighted by Crippen LogP contribution is 2.32. The summed E-state index contributed by atoms with van der Waals surface area (Å²) in [7, 11) is 0. The molecule has 0 saturated heterocycles. The molecule has 1 heterocycles. The Morgan fingerprint density at radius 3 is 1.20 bits per heavy atom. The smallest absolute Gasteiger partial charge is 0.422 e. The summed E-state index contributed by atoms with van der Waals surface area (Å²) in [6.07, 6.45) is -9.81. The quantitative estimate of drug-likeness (QED) is 0.165. The van der Waals surface area contributed by atoms with Gasteiger partial charge in [-0.1, -0.05) is 13.2 Å². The molecule has 0 aliphatic heterocycles. The van der Waals surface area contributed by atoms with Crippen molar-refractivity contribution in [2.24, 2.45) is 0 Å². The summed E-state index contributed by atoms with van der Waals surface area (Å²) < 4.78 is 90.0. The van der Waals surface area contributed by atoms with Crippen LogP contribution < -0.4 is 9.47 Å². The lowest BCUT2D eigenvalue weighted by Gasteiger charge is -2.09. The molecule has 0 aliphatic rings. The minimum Gasteiger partial charge on any atom is -0.456 e. The lowest BCUT2D eigenvalue weighted by atomic mass is 10.1. The van der Waals surface area contributed by atoms with E-state index in [4.69, 9.17) is 4.42 Å². The van der Waals surface area contributed by atoms with Gasteiger partial charge in [0.15, 0.2) is 0 Å². The van der Waals surface area contributed by atoms with Crippen LogP contribution in [0.25, 0.3) is 22.6 Å². The summed E-state index contributed by atoms with van der Waals surface area (Å²) in [6.45, 7) is 5.33. The molecule has 0 amide bonds. The summed E-state index contributed by atoms with van der Waals surface area (Å²) >= 11 is 0. The van der Waals surface area contributed by atoms with Gasteiger partial charge in [-0.3, -0.25) is 0 Å². The standard InChI is InChI=1S/C24H14F6O5/c1-13(23(25,26)27)21(31)33-17-7-3-15(4-8-17)19-11-12-20(35-19)16-5-9-18(10-6-16)34-22(32)14(2)24(28,29)30/h3-12H,1-2H2. The molecule has 0 spiro atoms. The van der Waals surface area contributed by atoms with Gasteiger partial charge in [-0.15, -0.1) is 0 Å². The molecule has 11 heteroatoms. The lowest BCUT2D eigenvalue weighted by molar-refractivity contribution is -0.143. The van der Waals surface area contributed by atoms with E-state index in [1.165, 1.54) is 48.5 Å². The van der Waals surface area contributed by atoms with Crippen LogP contribution >= 0.6 is 0 Å². The van der Waals surface area contributed by atoms with Gasteiger partial charge in [0.1, 0.15) is 34.2 Å². The summed E-state index contributed by atoms with van der Waals surface area (Å²) in [5.41, 5.74) is -2.24. The van der Waals surface area contributed by atoms with Crippen LogP contribution in [0.2, 0.25) is 0 Å². The molecule has 0 fully saturated rings. The summed E-state index contributed by atoms with van der Waals surface area (Å²) in [5, 5.41) is 0. The molecule has 1 aromatic heterocycles. The van der Waals surface area contributed by atoms with E-state index in [0.29, 0.717) is 22.6 Å². The highest BCUT2D eigenvalue weighted by molar-refractivity contribution is 5.91. The van der Waals surface area contributed by atoms with Crippen molar-refractivity contribution < 1.29 is 49.8 Å². The Morgan fingerprint density at radius 2 is 0.914 bits per heavy atom. The molecule has 0 bridgehead atoms. The molecule has 0 radical (unpaired) electrons. The van der Waals surface area contributed by atoms with Crippen LogP contribution in [0.5, 0.6) is 11.5 Å². The first-order valence-electron chi connectivity index (χ1n) is 9.53. The number of hydrogen-bond donors (Lipinski definition) is 0. The van der Waals surface area contributed by atoms with E-state index in [2.05, 4.69) is 22.6 Å². The number of alkyl halides is 6. The van der Waals surface area contributed by atoms with Gasteiger partial charge in [0.05, 0.1) is 0 Å². The van der Waals surface area contributed by atoms with Gasteiger partial charge in [-0.25, -0.2) is 9.59 Å². The highest BCUT2D eigenvalue weighted by atomic mass is 19.4. The van der Waals surface area contributed by atoms with E-state index in [1.807, 2.05) is 0 Å². The van der Waals surface area contributed by atoms with Crippen molar-refractivity contribution in [2.45, 2.75) is 12.4 Å². The Kier molecular flexibility index (Phi) is 6.90. The van der Waals surface area contributed by atoms with Gasteiger partial charge in [-0.05, 0) is 60.7 Å². The number of rotatable bonds is 6. The van der Waals surface area contributed by atoms with Gasteiger partial charge in [0.2, 0.25) is 0 Å². The van der Waals surface area contributed by atoms with Gasteiger partial charge in [0, 0.05) is 11.1 Å². The molecule has 0 unspecified atom stereocenters. The van der Waals surface area contributed by atoms with E-state index < -0.39 is 35.4 Å². The van der Waals surface area contributed by atoms with Crippen LogP contribution in [-0.4, -0.2) is 24.3 Å². The van der Waals surface area contributed by atoms with E-state index in [-0.39, 0.29) is 11.5 Å². The van der Waals surface area contributed by atoms with Crippen molar-refractivity contribution >= 4 is 11.9 Å². The Labute approximate surface area is 193 Å². The zero-order valence-corrected chi connectivity index (χ0v) is 17.5. The lowest BCUT2D eigenvalue weighted by Crippen LogP contribution is -2.23. The predicted octanol–water partition coefficient (Wildman–Crippen LogP) is 6.66. The van der Waals surface area contributed by atoms with Gasteiger partial charge in [-0.2, -0.15) is 26.3 Å². The number of carbonyl (C=O) groups excluding carboxylic acids is 2. The van der Waals surface area contributed by atoms with Crippen molar-refractivity contribution in [1.29, 1.82) is 0 Å². The summed E-state index contributed by atoms with van der Waals surface area (Å²) in [6, 6.07) is 14.1. The Bertz CT molecular complexity index is 1170. The highest BCUT2D eigenvalue weighted by Gasteiger charge is 2.39. The minimum atomic E-state index is -4.90. The molecule has 5 nitrogen and oxygen atoms in total. The first-order chi connectivity index (χ1) is 16.3. The third-order valence-electron chi connectivity index (χ3n) is 4.48. The third kappa shape index (κ3) is 6.19. The molecule has 0 atom stereocenters. The fourth-order valence-electron chi connectivity index (χ4n) is 2.59. The molecule has 0 N–H and O–H groups in total. The van der Waals surface area contributed by atoms with Crippen LogP contribution in [0.15, 0.2) is 89.4 Å². The molecule has 35 heavy (non-hydrogen) atoms. The van der Waals surface area contributed by atoms with Crippen molar-refractivity contribution in [3.63, 3.8) is 0 Å². The minimum absolute atomic E-state index is 0.130. The molecule has 0 saturated carbocycles. The topological polar surface area (TPSA) is 65.7 Å². The zero-order chi connectivity index (χ0) is 26.0. The predicted molar refractivity (Wildman–Crippen MR) is 111 cm³/mol. The van der Waals surface area contributed by atoms with Crippen molar-refractivity contribution in [3.05, 3.63) is 85.0 Å². The van der Waals surface area contributed by atoms with Crippen molar-refractivity contribution in [2.75, 3.05) is 0 Å². The first kappa shape index (κ1) is 25.3. The number of halogens is 6. The fourth-order valence-corrected chi connectivity index (χ4v) is 2.59. The molecule has 3 rings (SSSR count). The van der Waals surface area contributed by atoms with Crippen molar-refractivity contribution in [3.8, 4) is 34.1 Å². The Balaban J connectivity index is 1.67. The van der Waals surface area contributed by atoms with Crippen LogP contribution in [0.1, 0.15) is 0 Å². The number of benzene rings is 2. The number of carbonyl (C=O) groups is 2. The van der Waals surface area contributed by atoms with E-state index in [9.17, 15) is 35.9 Å². The number of furan rings is 1. The molecule has 3 aromatic rings. The fraction of sp³-hybridized carbons (Fsp3) is 0.0833. The molecular formula is C24H14F6O5. The van der Waals surface area contributed by atoms with Crippen LogP contribution in [0.3, 0.4) is 0 Å². The normalized spacial score (nSPS) is 11.6. The second kappa shape index (κ2) is 9.53. The Hall–Kier alpha value is -4.28. The van der Waals surface area contributed by atoms with Crippen LogP contribution in [-0.2, 0) is 9.59 Å². The average molecular weight is 496 g/mol. The van der Waals surface area contributed by atoms with E-state index >= 15 is 0 Å². The third-order valence-corrected chi connectivity index (χ3v) is 4.48. The van der Waals surface area contributed by atoms with Gasteiger partial charge in [0.25, 0.3) is 0 Å². The maximum Gasteiger partial charge on any atom is 0.422 e. The molecule has 182 valence electrons. The van der Waals surface area contributed by atoms with Crippen LogP contribution in [0, 0.1) is 0 Å². The summed E-state index contributed by atoms with van der Waals surface area (Å²) in [5.74, 6) is -2.77. The number of esters is 2. The SMILES string of the molecule is C=C(C(=O)Oc1ccc(-c2ccc(-c3ccc(OC(=O)C(=C)C(F)(F)F)cc3)o2)cc1)C(F)(F)F. The van der Waals surface area contributed by atoms with E-state index in [1.54, 1.807) is 12.1 Å². The first-order valence-corrected chi connectivity index (χ1v) is 9.53. The Morgan fingerprint density at radius 1 is 0.600 bits per heavy atom. The second-order valence-corrected chi connectivity index (χ2v) is 6.94. The molecule has 2 aromatic carbocycles. The molecule has 0 aliphatic carbocycles. The van der Waals surface area contributed by atoms with E-state index in [0.717, 1.165) is 0 Å². The zero-order valence-electron chi connectivity index (χ0n) is 17.5. The van der Waals surface area contributed by atoms with Crippen molar-refractivity contribution in [1.82, 2.24) is 0 Å². The maximum atomic E-state index is 12.5. The largest absolute Gasteiger partial charge is 0.456 e.